The summed E-state index contributed by atoms with van der Waals surface area (Å²) in [5.74, 6) is 0.958. The van der Waals surface area contributed by atoms with Crippen LogP contribution in [0.3, 0.4) is 0 Å². The van der Waals surface area contributed by atoms with Crippen LogP contribution in [-0.4, -0.2) is 39.4 Å². The molecule has 3 heterocycles. The summed E-state index contributed by atoms with van der Waals surface area (Å²) >= 11 is 0. The molecular weight excluding hydrogens is 496 g/mol. The van der Waals surface area contributed by atoms with Gasteiger partial charge in [0.05, 0.1) is 29.7 Å². The molecule has 0 spiro atoms. The predicted octanol–water partition coefficient (Wildman–Crippen LogP) is 6.79. The second kappa shape index (κ2) is 10.1. The lowest BCUT2D eigenvalue weighted by Crippen LogP contribution is -2.38. The number of nitrogens with zero attached hydrogens (tertiary/aromatic N) is 5. The Morgan fingerprint density at radius 1 is 0.900 bits per heavy atom. The summed E-state index contributed by atoms with van der Waals surface area (Å²) in [4.78, 5) is 18.2. The molecule has 0 saturated heterocycles. The van der Waals surface area contributed by atoms with Gasteiger partial charge in [-0.1, -0.05) is 36.4 Å². The Balaban J connectivity index is 1.51. The van der Waals surface area contributed by atoms with Crippen LogP contribution in [0.4, 0.5) is 16.2 Å². The van der Waals surface area contributed by atoms with Gasteiger partial charge in [-0.05, 0) is 86.0 Å². The van der Waals surface area contributed by atoms with Gasteiger partial charge in [0, 0.05) is 37.2 Å². The molecule has 0 aliphatic carbocycles. The monoisotopic (exact) mass is 530 g/mol. The minimum absolute atomic E-state index is 0.155. The van der Waals surface area contributed by atoms with Crippen LogP contribution < -0.4 is 10.2 Å². The summed E-state index contributed by atoms with van der Waals surface area (Å²) in [6.07, 6.45) is 2.07. The van der Waals surface area contributed by atoms with E-state index in [4.69, 9.17) is 5.10 Å². The Hall–Kier alpha value is -4.78. The van der Waals surface area contributed by atoms with Gasteiger partial charge >= 0.3 is 6.03 Å². The van der Waals surface area contributed by atoms with Crippen molar-refractivity contribution in [3.63, 3.8) is 0 Å². The quantitative estimate of drug-likeness (QED) is 0.278. The first-order valence-corrected chi connectivity index (χ1v) is 13.6. The van der Waals surface area contributed by atoms with Gasteiger partial charge in [-0.3, -0.25) is 0 Å². The predicted molar refractivity (Wildman–Crippen MR) is 161 cm³/mol. The second-order valence-electron chi connectivity index (χ2n) is 10.7. The smallest absolute Gasteiger partial charge is 0.322 e. The number of aryl methyl sites for hydroxylation is 3. The standard InChI is InChI=1S/C33H34N6O/c1-22-13-16-26(20-23(22)2)34-33(40)38-21-29-24(3)35-39(28-10-7-6-8-11-28)32(29)37-19-9-12-30(37)31(38)25-14-17-27(18-15-25)36(4)5/h6-20,31H,21H2,1-5H3,(H,34,40)/t31-/m0/s1. The number of hydrogen-bond acceptors (Lipinski definition) is 3. The molecule has 0 unspecified atom stereocenters. The summed E-state index contributed by atoms with van der Waals surface area (Å²) in [6, 6.07) is 28.3. The van der Waals surface area contributed by atoms with Gasteiger partial charge in [0.1, 0.15) is 5.82 Å². The number of carbonyl (C=O) groups is 1. The van der Waals surface area contributed by atoms with Crippen molar-refractivity contribution < 1.29 is 4.79 Å². The molecule has 1 aliphatic heterocycles. The highest BCUT2D eigenvalue weighted by Crippen LogP contribution is 2.39. The number of nitrogens with one attached hydrogen (secondary N) is 1. The SMILES string of the molecule is Cc1ccc(NC(=O)N2Cc3c(C)nn(-c4ccccc4)c3-n3cccc3[C@@H]2c2ccc(N(C)C)cc2)cc1C. The van der Waals surface area contributed by atoms with Crippen LogP contribution in [0, 0.1) is 20.8 Å². The zero-order chi connectivity index (χ0) is 28.0. The number of urea groups is 1. The van der Waals surface area contributed by atoms with Crippen molar-refractivity contribution in [3.8, 4) is 11.5 Å². The van der Waals surface area contributed by atoms with Gasteiger partial charge in [-0.2, -0.15) is 5.10 Å². The molecule has 2 aromatic heterocycles. The van der Waals surface area contributed by atoms with E-state index in [0.29, 0.717) is 6.54 Å². The van der Waals surface area contributed by atoms with Gasteiger partial charge in [-0.15, -0.1) is 0 Å². The van der Waals surface area contributed by atoms with Crippen LogP contribution in [0.2, 0.25) is 0 Å². The Morgan fingerprint density at radius 3 is 2.35 bits per heavy atom. The van der Waals surface area contributed by atoms with E-state index in [1.54, 1.807) is 0 Å². The number of fused-ring (bicyclic) bond motifs is 3. The lowest BCUT2D eigenvalue weighted by Gasteiger charge is -2.31. The largest absolute Gasteiger partial charge is 0.378 e. The number of amides is 2. The van der Waals surface area contributed by atoms with Crippen LogP contribution in [0.5, 0.6) is 0 Å². The fourth-order valence-electron chi connectivity index (χ4n) is 5.47. The zero-order valence-electron chi connectivity index (χ0n) is 23.6. The van der Waals surface area contributed by atoms with Crippen molar-refractivity contribution in [2.75, 3.05) is 24.3 Å². The first kappa shape index (κ1) is 25.5. The van der Waals surface area contributed by atoms with E-state index >= 15 is 0 Å². The Kier molecular flexibility index (Phi) is 6.42. The average Bonchev–Trinajstić information content (AvgIpc) is 3.51. The summed E-state index contributed by atoms with van der Waals surface area (Å²) in [6.45, 7) is 6.57. The van der Waals surface area contributed by atoms with Crippen molar-refractivity contribution in [2.45, 2.75) is 33.4 Å². The fraction of sp³-hybridized carbons (Fsp3) is 0.212. The summed E-state index contributed by atoms with van der Waals surface area (Å²) in [5, 5.41) is 8.13. The number of hydrogen-bond donors (Lipinski definition) is 1. The molecule has 3 aromatic carbocycles. The minimum Gasteiger partial charge on any atom is -0.378 e. The highest BCUT2D eigenvalue weighted by Gasteiger charge is 2.36. The molecule has 0 fully saturated rings. The van der Waals surface area contributed by atoms with Gasteiger partial charge in [0.15, 0.2) is 0 Å². The van der Waals surface area contributed by atoms with Crippen LogP contribution in [-0.2, 0) is 6.54 Å². The Bertz CT molecular complexity index is 1680. The third kappa shape index (κ3) is 4.43. The van der Waals surface area contributed by atoms with E-state index in [-0.39, 0.29) is 12.1 Å². The molecule has 2 amide bonds. The minimum atomic E-state index is -0.311. The zero-order valence-corrected chi connectivity index (χ0v) is 23.6. The molecule has 1 N–H and O–H groups in total. The van der Waals surface area contributed by atoms with Crippen molar-refractivity contribution >= 4 is 17.4 Å². The van der Waals surface area contributed by atoms with Gasteiger partial charge < -0.3 is 19.7 Å². The van der Waals surface area contributed by atoms with E-state index in [1.807, 2.05) is 73.1 Å². The van der Waals surface area contributed by atoms with Crippen molar-refractivity contribution in [1.82, 2.24) is 19.2 Å². The molecular formula is C33H34N6O. The molecule has 5 aromatic rings. The first-order chi connectivity index (χ1) is 19.3. The average molecular weight is 531 g/mol. The summed E-state index contributed by atoms with van der Waals surface area (Å²) in [7, 11) is 4.06. The maximum Gasteiger partial charge on any atom is 0.322 e. The molecule has 0 radical (unpaired) electrons. The lowest BCUT2D eigenvalue weighted by molar-refractivity contribution is 0.194. The van der Waals surface area contributed by atoms with E-state index in [0.717, 1.165) is 51.0 Å². The number of anilines is 2. The Labute approximate surface area is 235 Å². The van der Waals surface area contributed by atoms with E-state index < -0.39 is 0 Å². The third-order valence-corrected chi connectivity index (χ3v) is 7.83. The van der Waals surface area contributed by atoms with Crippen molar-refractivity contribution in [2.24, 2.45) is 0 Å². The lowest BCUT2D eigenvalue weighted by atomic mass is 10.0. The van der Waals surface area contributed by atoms with Crippen molar-refractivity contribution in [3.05, 3.63) is 125 Å². The topological polar surface area (TPSA) is 58.3 Å². The van der Waals surface area contributed by atoms with Crippen LogP contribution >= 0.6 is 0 Å². The van der Waals surface area contributed by atoms with E-state index in [1.165, 1.54) is 5.56 Å². The number of benzene rings is 3. The number of carbonyl (C=O) groups excluding carboxylic acids is 1. The van der Waals surface area contributed by atoms with Gasteiger partial charge in [0.25, 0.3) is 0 Å². The second-order valence-corrected chi connectivity index (χ2v) is 10.7. The molecule has 1 aliphatic rings. The number of para-hydroxylation sites is 1. The van der Waals surface area contributed by atoms with Gasteiger partial charge in [-0.25, -0.2) is 9.48 Å². The van der Waals surface area contributed by atoms with Gasteiger partial charge in [0.2, 0.25) is 0 Å². The maximum absolute atomic E-state index is 14.2. The highest BCUT2D eigenvalue weighted by atomic mass is 16.2. The molecule has 202 valence electrons. The van der Waals surface area contributed by atoms with Crippen LogP contribution in [0.1, 0.15) is 39.7 Å². The normalized spacial score (nSPS) is 14.3. The fourth-order valence-corrected chi connectivity index (χ4v) is 5.47. The number of rotatable bonds is 4. The van der Waals surface area contributed by atoms with E-state index in [9.17, 15) is 4.79 Å². The summed E-state index contributed by atoms with van der Waals surface area (Å²) < 4.78 is 4.18. The number of aromatic nitrogens is 3. The molecule has 0 bridgehead atoms. The molecule has 40 heavy (non-hydrogen) atoms. The maximum atomic E-state index is 14.2. The molecule has 6 rings (SSSR count). The summed E-state index contributed by atoms with van der Waals surface area (Å²) in [5.41, 5.74) is 9.16. The van der Waals surface area contributed by atoms with Crippen LogP contribution in [0.25, 0.3) is 11.5 Å². The van der Waals surface area contributed by atoms with Crippen LogP contribution in [0.15, 0.2) is 91.1 Å². The molecule has 7 heteroatoms. The molecule has 7 nitrogen and oxygen atoms in total. The van der Waals surface area contributed by atoms with Crippen molar-refractivity contribution in [1.29, 1.82) is 0 Å². The molecule has 0 saturated carbocycles. The van der Waals surface area contributed by atoms with E-state index in [2.05, 4.69) is 77.3 Å². The Morgan fingerprint density at radius 2 is 1.65 bits per heavy atom. The first-order valence-electron chi connectivity index (χ1n) is 13.6. The third-order valence-electron chi connectivity index (χ3n) is 7.83. The highest BCUT2D eigenvalue weighted by molar-refractivity contribution is 5.90. The molecule has 1 atom stereocenters.